The zero-order valence-corrected chi connectivity index (χ0v) is 10.6. The minimum atomic E-state index is -2.63. The molecule has 0 radical (unpaired) electrons. The van der Waals surface area contributed by atoms with Crippen LogP contribution in [-0.4, -0.2) is 26.1 Å². The fourth-order valence-corrected chi connectivity index (χ4v) is 2.44. The maximum absolute atomic E-state index is 14.2. The van der Waals surface area contributed by atoms with Crippen molar-refractivity contribution in [1.29, 1.82) is 0 Å². The maximum atomic E-state index is 14.2. The van der Waals surface area contributed by atoms with Crippen LogP contribution in [0.15, 0.2) is 24.3 Å². The summed E-state index contributed by atoms with van der Waals surface area (Å²) in [5.74, 6) is -2.51. The number of hydrogen-bond donors (Lipinski definition) is 1. The molecule has 1 saturated heterocycles. The molecule has 0 atom stereocenters. The lowest BCUT2D eigenvalue weighted by atomic mass is 9.87. The molecule has 0 unspecified atom stereocenters. The molecular weight excluding hydrogens is 236 g/mol. The smallest absolute Gasteiger partial charge is 0.254 e. The van der Waals surface area contributed by atoms with Gasteiger partial charge in [0.1, 0.15) is 5.75 Å². The van der Waals surface area contributed by atoms with Gasteiger partial charge in [0.15, 0.2) is 0 Å². The quantitative estimate of drug-likeness (QED) is 0.893. The van der Waals surface area contributed by atoms with Crippen LogP contribution in [0.5, 0.6) is 5.75 Å². The molecule has 1 fully saturated rings. The number of benzene rings is 1. The van der Waals surface area contributed by atoms with E-state index in [0.717, 1.165) is 0 Å². The molecule has 1 aliphatic rings. The Morgan fingerprint density at radius 1 is 1.33 bits per heavy atom. The second kappa shape index (κ2) is 5.65. The van der Waals surface area contributed by atoms with Crippen LogP contribution >= 0.6 is 0 Å². The van der Waals surface area contributed by atoms with Gasteiger partial charge in [-0.25, -0.2) is 8.78 Å². The second-order valence-electron chi connectivity index (χ2n) is 4.81. The van der Waals surface area contributed by atoms with Gasteiger partial charge >= 0.3 is 0 Å². The number of halogens is 2. The third kappa shape index (κ3) is 3.19. The van der Waals surface area contributed by atoms with Gasteiger partial charge in [-0.3, -0.25) is 0 Å². The van der Waals surface area contributed by atoms with Crippen LogP contribution in [0.2, 0.25) is 0 Å². The monoisotopic (exact) mass is 255 g/mol. The van der Waals surface area contributed by atoms with E-state index in [-0.39, 0.29) is 6.42 Å². The van der Waals surface area contributed by atoms with Crippen LogP contribution < -0.4 is 10.1 Å². The van der Waals surface area contributed by atoms with Crippen molar-refractivity contribution in [2.24, 2.45) is 5.92 Å². The number of alkyl halides is 2. The Kier molecular flexibility index (Phi) is 4.17. The van der Waals surface area contributed by atoms with E-state index in [1.54, 1.807) is 31.4 Å². The Hall–Kier alpha value is -1.16. The number of methoxy groups -OCH3 is 1. The first kappa shape index (κ1) is 13.3. The zero-order chi connectivity index (χ0) is 13.0. The highest BCUT2D eigenvalue weighted by Crippen LogP contribution is 2.34. The molecule has 1 heterocycles. The summed E-state index contributed by atoms with van der Waals surface area (Å²) in [4.78, 5) is 0. The lowest BCUT2D eigenvalue weighted by Gasteiger charge is -2.30. The zero-order valence-electron chi connectivity index (χ0n) is 10.6. The van der Waals surface area contributed by atoms with E-state index in [1.807, 2.05) is 0 Å². The lowest BCUT2D eigenvalue weighted by molar-refractivity contribution is -0.0675. The van der Waals surface area contributed by atoms with Crippen molar-refractivity contribution >= 4 is 0 Å². The summed E-state index contributed by atoms with van der Waals surface area (Å²) in [5.41, 5.74) is 0.637. The summed E-state index contributed by atoms with van der Waals surface area (Å²) in [7, 11) is 1.55. The molecule has 0 bridgehead atoms. The molecule has 0 aromatic heterocycles. The maximum Gasteiger partial charge on any atom is 0.254 e. The van der Waals surface area contributed by atoms with E-state index < -0.39 is 11.8 Å². The van der Waals surface area contributed by atoms with Crippen LogP contribution in [0, 0.1) is 5.92 Å². The molecule has 2 rings (SSSR count). The number of piperidine rings is 1. The van der Waals surface area contributed by atoms with Crippen LogP contribution in [-0.2, 0) is 6.42 Å². The van der Waals surface area contributed by atoms with Gasteiger partial charge in [-0.1, -0.05) is 12.1 Å². The summed E-state index contributed by atoms with van der Waals surface area (Å²) in [6, 6.07) is 6.95. The Labute approximate surface area is 106 Å². The van der Waals surface area contributed by atoms with Gasteiger partial charge in [0.05, 0.1) is 7.11 Å². The van der Waals surface area contributed by atoms with E-state index in [1.165, 1.54) is 0 Å². The molecule has 0 spiro atoms. The Balaban J connectivity index is 2.05. The fourth-order valence-electron chi connectivity index (χ4n) is 2.44. The summed E-state index contributed by atoms with van der Waals surface area (Å²) >= 11 is 0. The minimum Gasteiger partial charge on any atom is -0.497 e. The summed E-state index contributed by atoms with van der Waals surface area (Å²) < 4.78 is 33.4. The van der Waals surface area contributed by atoms with Gasteiger partial charge in [0.2, 0.25) is 0 Å². The molecule has 1 aromatic rings. The van der Waals surface area contributed by atoms with Crippen molar-refractivity contribution in [2.75, 3.05) is 20.2 Å². The van der Waals surface area contributed by atoms with Gasteiger partial charge in [-0.15, -0.1) is 0 Å². The Morgan fingerprint density at radius 3 is 2.72 bits per heavy atom. The van der Waals surface area contributed by atoms with E-state index in [2.05, 4.69) is 5.32 Å². The van der Waals surface area contributed by atoms with Gasteiger partial charge in [-0.05, 0) is 43.6 Å². The van der Waals surface area contributed by atoms with Gasteiger partial charge < -0.3 is 10.1 Å². The van der Waals surface area contributed by atoms with Crippen molar-refractivity contribution in [3.8, 4) is 5.75 Å². The molecule has 0 amide bonds. The highest BCUT2D eigenvalue weighted by atomic mass is 19.3. The molecular formula is C14H19F2NO. The van der Waals surface area contributed by atoms with Gasteiger partial charge in [-0.2, -0.15) is 0 Å². The topological polar surface area (TPSA) is 21.3 Å². The highest BCUT2D eigenvalue weighted by Gasteiger charge is 2.39. The van der Waals surface area contributed by atoms with Gasteiger partial charge in [0, 0.05) is 12.3 Å². The predicted molar refractivity (Wildman–Crippen MR) is 67.2 cm³/mol. The predicted octanol–water partition coefficient (Wildman–Crippen LogP) is 2.87. The lowest BCUT2D eigenvalue weighted by Crippen LogP contribution is -2.39. The molecule has 18 heavy (non-hydrogen) atoms. The van der Waals surface area contributed by atoms with E-state index in [4.69, 9.17) is 4.74 Å². The Bertz CT molecular complexity index is 389. The molecule has 2 nitrogen and oxygen atoms in total. The summed E-state index contributed by atoms with van der Waals surface area (Å²) in [5, 5.41) is 3.12. The summed E-state index contributed by atoms with van der Waals surface area (Å²) in [6.07, 6.45) is 0.906. The fraction of sp³-hybridized carbons (Fsp3) is 0.571. The summed E-state index contributed by atoms with van der Waals surface area (Å²) in [6.45, 7) is 1.39. The third-order valence-electron chi connectivity index (χ3n) is 3.51. The minimum absolute atomic E-state index is 0.200. The van der Waals surface area contributed by atoms with Crippen molar-refractivity contribution in [2.45, 2.75) is 25.2 Å². The molecule has 0 aliphatic carbocycles. The van der Waals surface area contributed by atoms with Crippen molar-refractivity contribution in [1.82, 2.24) is 5.32 Å². The van der Waals surface area contributed by atoms with Crippen LogP contribution in [0.3, 0.4) is 0 Å². The number of rotatable bonds is 4. The SMILES string of the molecule is COc1cccc(CC(F)(F)C2CCNCC2)c1. The number of nitrogens with one attached hydrogen (secondary N) is 1. The molecule has 0 saturated carbocycles. The molecule has 100 valence electrons. The average Bonchev–Trinajstić information content (AvgIpc) is 2.39. The van der Waals surface area contributed by atoms with Crippen molar-refractivity contribution in [3.63, 3.8) is 0 Å². The Morgan fingerprint density at radius 2 is 2.06 bits per heavy atom. The van der Waals surface area contributed by atoms with Crippen LogP contribution in [0.1, 0.15) is 18.4 Å². The van der Waals surface area contributed by atoms with E-state index in [0.29, 0.717) is 37.2 Å². The normalized spacial score (nSPS) is 17.7. The van der Waals surface area contributed by atoms with Crippen molar-refractivity contribution in [3.05, 3.63) is 29.8 Å². The second-order valence-corrected chi connectivity index (χ2v) is 4.81. The van der Waals surface area contributed by atoms with Crippen LogP contribution in [0.4, 0.5) is 8.78 Å². The largest absolute Gasteiger partial charge is 0.497 e. The van der Waals surface area contributed by atoms with E-state index in [9.17, 15) is 8.78 Å². The van der Waals surface area contributed by atoms with E-state index >= 15 is 0 Å². The molecule has 1 aromatic carbocycles. The molecule has 1 N–H and O–H groups in total. The highest BCUT2D eigenvalue weighted by molar-refractivity contribution is 5.29. The van der Waals surface area contributed by atoms with Crippen molar-refractivity contribution < 1.29 is 13.5 Å². The first-order chi connectivity index (χ1) is 8.62. The first-order valence-corrected chi connectivity index (χ1v) is 6.33. The number of hydrogen-bond acceptors (Lipinski definition) is 2. The first-order valence-electron chi connectivity index (χ1n) is 6.33. The van der Waals surface area contributed by atoms with Gasteiger partial charge in [0.25, 0.3) is 5.92 Å². The third-order valence-corrected chi connectivity index (χ3v) is 3.51. The average molecular weight is 255 g/mol. The van der Waals surface area contributed by atoms with Crippen LogP contribution in [0.25, 0.3) is 0 Å². The standard InChI is InChI=1S/C14H19F2NO/c1-18-13-4-2-3-11(9-13)10-14(15,16)12-5-7-17-8-6-12/h2-4,9,12,17H,5-8,10H2,1H3. The molecule has 4 heteroatoms. The molecule has 1 aliphatic heterocycles. The number of ether oxygens (including phenoxy) is 1.